The van der Waals surface area contributed by atoms with Crippen LogP contribution in [-0.4, -0.2) is 41.9 Å². The van der Waals surface area contributed by atoms with E-state index in [2.05, 4.69) is 16.0 Å². The molecule has 0 unspecified atom stereocenters. The van der Waals surface area contributed by atoms with Gasteiger partial charge >= 0.3 is 6.09 Å². The second-order valence-corrected chi connectivity index (χ2v) is 8.08. The zero-order valence-electron chi connectivity index (χ0n) is 17.3. The third-order valence-electron chi connectivity index (χ3n) is 5.20. The molecule has 0 bridgehead atoms. The van der Waals surface area contributed by atoms with Gasteiger partial charge in [-0.3, -0.25) is 9.88 Å². The van der Waals surface area contributed by atoms with Crippen LogP contribution in [0.25, 0.3) is 21.3 Å². The molecule has 1 fully saturated rings. The van der Waals surface area contributed by atoms with Crippen molar-refractivity contribution >= 4 is 38.5 Å². The lowest BCUT2D eigenvalue weighted by molar-refractivity contribution is 0.00393. The number of carbonyl (C=O) groups is 1. The maximum absolute atomic E-state index is 12.7. The highest BCUT2D eigenvalue weighted by Gasteiger charge is 2.29. The van der Waals surface area contributed by atoms with Crippen LogP contribution >= 0.6 is 11.3 Å². The summed E-state index contributed by atoms with van der Waals surface area (Å²) in [7, 11) is 0. The lowest BCUT2D eigenvalue weighted by Crippen LogP contribution is -2.35. The van der Waals surface area contributed by atoms with Crippen molar-refractivity contribution in [3.63, 3.8) is 0 Å². The van der Waals surface area contributed by atoms with E-state index in [1.807, 2.05) is 38.2 Å². The van der Waals surface area contributed by atoms with E-state index in [1.54, 1.807) is 4.90 Å². The number of ether oxygens (including phenoxy) is 2. The maximum atomic E-state index is 12.7. The number of nitrogens with zero attached hydrogens (tertiary/aromatic N) is 3. The normalized spacial score (nSPS) is 16.1. The molecule has 0 spiro atoms. The smallest absolute Gasteiger partial charge is 0.414 e. The molecular weight excluding hydrogens is 400 g/mol. The third kappa shape index (κ3) is 4.11. The van der Waals surface area contributed by atoms with E-state index >= 15 is 0 Å². The minimum atomic E-state index is -0.296. The first-order chi connectivity index (χ1) is 14.7. The number of amides is 1. The summed E-state index contributed by atoms with van der Waals surface area (Å²) >= 11 is 1.46. The van der Waals surface area contributed by atoms with Gasteiger partial charge in [-0.15, -0.1) is 0 Å². The lowest BCUT2D eigenvalue weighted by Gasteiger charge is -2.25. The van der Waals surface area contributed by atoms with Crippen molar-refractivity contribution in [1.82, 2.24) is 9.97 Å². The second-order valence-electron chi connectivity index (χ2n) is 7.02. The predicted octanol–water partition coefficient (Wildman–Crippen LogP) is 4.64. The summed E-state index contributed by atoms with van der Waals surface area (Å²) in [6, 6.07) is 8.05. The summed E-state index contributed by atoms with van der Waals surface area (Å²) in [5.74, 6) is 0. The van der Waals surface area contributed by atoms with Crippen LogP contribution in [0.15, 0.2) is 30.5 Å². The number of rotatable bonds is 2. The first kappa shape index (κ1) is 20.6. The zero-order valence-corrected chi connectivity index (χ0v) is 18.1. The number of hydrogen-bond acceptors (Lipinski definition) is 7. The van der Waals surface area contributed by atoms with Gasteiger partial charge in [0, 0.05) is 37.6 Å². The molecule has 0 aliphatic carbocycles. The van der Waals surface area contributed by atoms with Gasteiger partial charge in [0.2, 0.25) is 0 Å². The highest BCUT2D eigenvalue weighted by Crippen LogP contribution is 2.34. The highest BCUT2D eigenvalue weighted by molar-refractivity contribution is 7.22. The van der Waals surface area contributed by atoms with Gasteiger partial charge in [-0.2, -0.15) is 0 Å². The topological polar surface area (TPSA) is 90.6 Å². The van der Waals surface area contributed by atoms with Crippen LogP contribution in [-0.2, 0) is 15.9 Å². The number of benzene rings is 1. The fraction of sp³-hybridized carbons (Fsp3) is 0.409. The number of fused-ring (bicyclic) bond motifs is 2. The fourth-order valence-electron chi connectivity index (χ4n) is 3.72. The van der Waals surface area contributed by atoms with Gasteiger partial charge in [-0.25, -0.2) is 9.78 Å². The largest absolute Gasteiger partial charge is 0.446 e. The maximum Gasteiger partial charge on any atom is 0.414 e. The first-order valence-corrected chi connectivity index (χ1v) is 11.2. The molecule has 7 nitrogen and oxygen atoms in total. The van der Waals surface area contributed by atoms with Gasteiger partial charge in [0.05, 0.1) is 34.8 Å². The van der Waals surface area contributed by atoms with Crippen LogP contribution in [0.1, 0.15) is 32.4 Å². The molecule has 30 heavy (non-hydrogen) atoms. The van der Waals surface area contributed by atoms with Gasteiger partial charge in [-0.1, -0.05) is 31.3 Å². The number of anilines is 2. The van der Waals surface area contributed by atoms with E-state index in [0.717, 1.165) is 52.0 Å². The molecule has 1 saturated heterocycles. The molecule has 0 atom stereocenters. The molecule has 1 amide bonds. The van der Waals surface area contributed by atoms with Crippen LogP contribution < -0.4 is 10.6 Å². The third-order valence-corrected chi connectivity index (χ3v) is 6.05. The Bertz CT molecular complexity index is 1050. The number of thiazole rings is 1. The summed E-state index contributed by atoms with van der Waals surface area (Å²) < 4.78 is 12.1. The van der Waals surface area contributed by atoms with Crippen molar-refractivity contribution in [2.75, 3.05) is 30.4 Å². The van der Waals surface area contributed by atoms with Crippen LogP contribution in [0, 0.1) is 0 Å². The minimum absolute atomic E-state index is 0.0689. The summed E-state index contributed by atoms with van der Waals surface area (Å²) in [6.45, 7) is 5.88. The van der Waals surface area contributed by atoms with Crippen LogP contribution in [0.4, 0.5) is 15.6 Å². The quantitative estimate of drug-likeness (QED) is 0.642. The Morgan fingerprint density at radius 1 is 1.23 bits per heavy atom. The molecule has 5 rings (SSSR count). The fourth-order valence-corrected chi connectivity index (χ4v) is 4.49. The van der Waals surface area contributed by atoms with Crippen molar-refractivity contribution in [2.24, 2.45) is 0 Å². The van der Waals surface area contributed by atoms with Gasteiger partial charge in [0.15, 0.2) is 5.13 Å². The van der Waals surface area contributed by atoms with E-state index in [1.165, 1.54) is 11.3 Å². The van der Waals surface area contributed by atoms with Crippen molar-refractivity contribution in [3.05, 3.63) is 36.2 Å². The Morgan fingerprint density at radius 3 is 2.83 bits per heavy atom. The van der Waals surface area contributed by atoms with Gasteiger partial charge < -0.3 is 15.2 Å². The Labute approximate surface area is 179 Å². The highest BCUT2D eigenvalue weighted by atomic mass is 32.1. The van der Waals surface area contributed by atoms with Crippen molar-refractivity contribution in [3.8, 4) is 11.1 Å². The van der Waals surface area contributed by atoms with Crippen LogP contribution in [0.3, 0.4) is 0 Å². The Hall–Kier alpha value is -2.71. The molecule has 2 N–H and O–H groups in total. The molecule has 8 heteroatoms. The van der Waals surface area contributed by atoms with E-state index in [4.69, 9.17) is 15.2 Å². The number of aromatic nitrogens is 2. The number of nitrogens with two attached hydrogens (primary N) is 1. The molecule has 0 saturated carbocycles. The molecule has 0 radical (unpaired) electrons. The van der Waals surface area contributed by atoms with E-state index < -0.39 is 0 Å². The average Bonchev–Trinajstić information content (AvgIpc) is 3.37. The number of carbonyl (C=O) groups excluding carboxylic acids is 1. The molecule has 4 heterocycles. The summed E-state index contributed by atoms with van der Waals surface area (Å²) in [5, 5.41) is 0.557. The monoisotopic (exact) mass is 426 g/mol. The van der Waals surface area contributed by atoms with Crippen molar-refractivity contribution < 1.29 is 14.3 Å². The molecule has 1 aromatic carbocycles. The SMILES string of the molecule is CC.Nc1nc2ccc(-c3cnc4c(c3)N(C(=O)OC3CCOCC3)CC4)cc2s1. The van der Waals surface area contributed by atoms with Crippen molar-refractivity contribution in [1.29, 1.82) is 0 Å². The van der Waals surface area contributed by atoms with Gasteiger partial charge in [0.1, 0.15) is 6.10 Å². The Kier molecular flexibility index (Phi) is 6.15. The Balaban J connectivity index is 0.00000106. The Morgan fingerprint density at radius 2 is 2.03 bits per heavy atom. The van der Waals surface area contributed by atoms with E-state index in [9.17, 15) is 4.79 Å². The molecule has 3 aromatic rings. The number of pyridine rings is 1. The summed E-state index contributed by atoms with van der Waals surface area (Å²) in [6.07, 6.45) is 3.74. The van der Waals surface area contributed by atoms with Crippen LogP contribution in [0.5, 0.6) is 0 Å². The van der Waals surface area contributed by atoms with Gasteiger partial charge in [-0.05, 0) is 23.8 Å². The second kappa shape index (κ2) is 8.97. The minimum Gasteiger partial charge on any atom is -0.446 e. The number of nitrogen functional groups attached to an aromatic ring is 1. The number of hydrogen-bond donors (Lipinski definition) is 1. The van der Waals surface area contributed by atoms with E-state index in [-0.39, 0.29) is 12.2 Å². The predicted molar refractivity (Wildman–Crippen MR) is 120 cm³/mol. The molecule has 2 aliphatic rings. The lowest BCUT2D eigenvalue weighted by atomic mass is 10.1. The standard InChI is InChI=1S/C20H20N4O3S.C2H6/c21-19-23-16-2-1-12(10-18(16)28-19)13-9-17-15(22-11-13)3-6-24(17)20(25)27-14-4-7-26-8-5-14;1-2/h1-2,9-11,14H,3-8H2,(H2,21,23);1-2H3. The van der Waals surface area contributed by atoms with E-state index in [0.29, 0.717) is 24.9 Å². The summed E-state index contributed by atoms with van der Waals surface area (Å²) in [4.78, 5) is 23.3. The molecular formula is C22H26N4O3S. The molecule has 2 aliphatic heterocycles. The van der Waals surface area contributed by atoms with Crippen molar-refractivity contribution in [2.45, 2.75) is 39.2 Å². The first-order valence-electron chi connectivity index (χ1n) is 10.4. The summed E-state index contributed by atoms with van der Waals surface area (Å²) in [5.41, 5.74) is 10.4. The van der Waals surface area contributed by atoms with Gasteiger partial charge in [0.25, 0.3) is 0 Å². The van der Waals surface area contributed by atoms with Crippen LogP contribution in [0.2, 0.25) is 0 Å². The molecule has 2 aromatic heterocycles. The average molecular weight is 427 g/mol. The molecule has 158 valence electrons. The zero-order chi connectivity index (χ0) is 21.1.